The molecule has 3 heteroatoms. The van der Waals surface area contributed by atoms with E-state index in [0.29, 0.717) is 17.9 Å². The van der Waals surface area contributed by atoms with Crippen LogP contribution in [0.2, 0.25) is 0 Å². The van der Waals surface area contributed by atoms with Crippen LogP contribution in [0.4, 0.5) is 14.5 Å². The van der Waals surface area contributed by atoms with Gasteiger partial charge in [-0.25, -0.2) is 8.78 Å². The monoisotopic (exact) mass is 347 g/mol. The van der Waals surface area contributed by atoms with Crippen molar-refractivity contribution in [3.63, 3.8) is 0 Å². The molecule has 1 aromatic rings. The highest BCUT2D eigenvalue weighted by molar-refractivity contribution is 5.48. The first kappa shape index (κ1) is 18.5. The van der Waals surface area contributed by atoms with Gasteiger partial charge in [0.25, 0.3) is 0 Å². The molecular formula is C22H31F2N. The molecule has 0 radical (unpaired) electrons. The van der Waals surface area contributed by atoms with Crippen LogP contribution in [0.1, 0.15) is 70.3 Å². The fraction of sp³-hybridized carbons (Fsp3) is 0.682. The molecule has 0 N–H and O–H groups in total. The van der Waals surface area contributed by atoms with Crippen LogP contribution in [0.3, 0.4) is 0 Å². The van der Waals surface area contributed by atoms with Gasteiger partial charge in [-0.1, -0.05) is 38.7 Å². The first-order chi connectivity index (χ1) is 12.1. The normalized spacial score (nSPS) is 30.2. The summed E-state index contributed by atoms with van der Waals surface area (Å²) in [6.07, 6.45) is 12.4. The fourth-order valence-electron chi connectivity index (χ4n) is 4.96. The second-order valence-electron chi connectivity index (χ2n) is 8.37. The predicted molar refractivity (Wildman–Crippen MR) is 100 cm³/mol. The molecular weight excluding hydrogens is 316 g/mol. The zero-order valence-electron chi connectivity index (χ0n) is 15.4. The van der Waals surface area contributed by atoms with Gasteiger partial charge in [-0.2, -0.15) is 0 Å². The van der Waals surface area contributed by atoms with Gasteiger partial charge in [0, 0.05) is 0 Å². The van der Waals surface area contributed by atoms with E-state index in [1.54, 1.807) is 6.07 Å². The summed E-state index contributed by atoms with van der Waals surface area (Å²) in [7, 11) is 0. The van der Waals surface area contributed by atoms with E-state index in [4.69, 9.17) is 0 Å². The lowest BCUT2D eigenvalue weighted by Gasteiger charge is -2.37. The lowest BCUT2D eigenvalue weighted by atomic mass is 9.69. The van der Waals surface area contributed by atoms with Crippen LogP contribution in [0.15, 0.2) is 17.1 Å². The highest BCUT2D eigenvalue weighted by atomic mass is 19.2. The molecule has 0 saturated heterocycles. The van der Waals surface area contributed by atoms with Crippen LogP contribution >= 0.6 is 0 Å². The number of halogens is 2. The van der Waals surface area contributed by atoms with Gasteiger partial charge in [0.2, 0.25) is 0 Å². The zero-order chi connectivity index (χ0) is 17.8. The molecule has 0 spiro atoms. The molecule has 2 fully saturated rings. The molecule has 1 aromatic carbocycles. The zero-order valence-corrected chi connectivity index (χ0v) is 15.4. The summed E-state index contributed by atoms with van der Waals surface area (Å²) >= 11 is 0. The number of rotatable bonds is 5. The van der Waals surface area contributed by atoms with Crippen molar-refractivity contribution in [3.05, 3.63) is 29.3 Å². The molecule has 2 saturated carbocycles. The quantitative estimate of drug-likeness (QED) is 0.516. The summed E-state index contributed by atoms with van der Waals surface area (Å²) in [6.45, 7) is 5.66. The van der Waals surface area contributed by atoms with Gasteiger partial charge in [0.15, 0.2) is 11.6 Å². The number of benzene rings is 1. The standard InChI is InChI=1S/C22H31F2N/c1-15-3-8-17(9-4-15)18-10-5-16(6-11-18)7-12-19-13-14-20(25-2)22(24)21(19)23/h13-18H,2-12H2,1H3. The molecule has 25 heavy (non-hydrogen) atoms. The maximum Gasteiger partial charge on any atom is 0.184 e. The Labute approximate surface area is 150 Å². The molecule has 0 aliphatic heterocycles. The summed E-state index contributed by atoms with van der Waals surface area (Å²) in [5, 5.41) is 0. The average molecular weight is 347 g/mol. The van der Waals surface area contributed by atoms with E-state index >= 15 is 0 Å². The highest BCUT2D eigenvalue weighted by Crippen LogP contribution is 2.42. The van der Waals surface area contributed by atoms with E-state index in [1.165, 1.54) is 57.4 Å². The molecule has 0 atom stereocenters. The van der Waals surface area contributed by atoms with Gasteiger partial charge in [0.05, 0.1) is 0 Å². The predicted octanol–water partition coefficient (Wildman–Crippen LogP) is 6.86. The minimum Gasteiger partial charge on any atom is -0.261 e. The van der Waals surface area contributed by atoms with Gasteiger partial charge in [-0.15, -0.1) is 0 Å². The minimum absolute atomic E-state index is 0.00329. The average Bonchev–Trinajstić information content (AvgIpc) is 2.64. The Balaban J connectivity index is 1.47. The smallest absolute Gasteiger partial charge is 0.184 e. The lowest BCUT2D eigenvalue weighted by Crippen LogP contribution is -2.25. The Morgan fingerprint density at radius 1 is 0.920 bits per heavy atom. The van der Waals surface area contributed by atoms with Gasteiger partial charge >= 0.3 is 0 Å². The topological polar surface area (TPSA) is 12.4 Å². The van der Waals surface area contributed by atoms with E-state index in [9.17, 15) is 8.78 Å². The molecule has 0 heterocycles. The molecule has 2 aliphatic carbocycles. The molecule has 0 bridgehead atoms. The first-order valence-corrected chi connectivity index (χ1v) is 10.0. The number of hydrogen-bond acceptors (Lipinski definition) is 1. The van der Waals surface area contributed by atoms with Crippen molar-refractivity contribution in [2.45, 2.75) is 71.1 Å². The Kier molecular flexibility index (Phi) is 6.24. The van der Waals surface area contributed by atoms with Crippen molar-refractivity contribution in [2.75, 3.05) is 0 Å². The highest BCUT2D eigenvalue weighted by Gasteiger charge is 2.29. The van der Waals surface area contributed by atoms with Crippen molar-refractivity contribution < 1.29 is 8.78 Å². The van der Waals surface area contributed by atoms with E-state index in [0.717, 1.165) is 24.2 Å². The maximum absolute atomic E-state index is 14.1. The summed E-state index contributed by atoms with van der Waals surface area (Å²) in [4.78, 5) is 3.51. The van der Waals surface area contributed by atoms with Gasteiger partial charge in [0.1, 0.15) is 5.69 Å². The van der Waals surface area contributed by atoms with Crippen LogP contribution in [0.25, 0.3) is 0 Å². The van der Waals surface area contributed by atoms with Crippen LogP contribution in [-0.4, -0.2) is 6.72 Å². The maximum atomic E-state index is 14.1. The van der Waals surface area contributed by atoms with Crippen molar-refractivity contribution in [1.29, 1.82) is 0 Å². The summed E-state index contributed by atoms with van der Waals surface area (Å²) in [5.74, 6) is 1.85. The minimum atomic E-state index is -0.859. The molecule has 2 aliphatic rings. The molecule has 0 aromatic heterocycles. The molecule has 1 nitrogen and oxygen atoms in total. The van der Waals surface area contributed by atoms with Crippen LogP contribution in [0, 0.1) is 35.3 Å². The van der Waals surface area contributed by atoms with Crippen LogP contribution < -0.4 is 0 Å². The SMILES string of the molecule is C=Nc1ccc(CCC2CCC(C3CCC(C)CC3)CC2)c(F)c1F. The third-order valence-electron chi connectivity index (χ3n) is 6.75. The van der Waals surface area contributed by atoms with Crippen LogP contribution in [0.5, 0.6) is 0 Å². The number of nitrogens with zero attached hydrogens (tertiary/aromatic N) is 1. The van der Waals surface area contributed by atoms with Crippen molar-refractivity contribution >= 4 is 12.4 Å². The Morgan fingerprint density at radius 3 is 2.12 bits per heavy atom. The number of hydrogen-bond donors (Lipinski definition) is 0. The van der Waals surface area contributed by atoms with Crippen molar-refractivity contribution in [1.82, 2.24) is 0 Å². The van der Waals surface area contributed by atoms with Crippen molar-refractivity contribution in [2.24, 2.45) is 28.7 Å². The molecule has 3 rings (SSSR count). The third-order valence-corrected chi connectivity index (χ3v) is 6.75. The van der Waals surface area contributed by atoms with Crippen LogP contribution in [-0.2, 0) is 6.42 Å². The van der Waals surface area contributed by atoms with Gasteiger partial charge in [-0.3, -0.25) is 4.99 Å². The van der Waals surface area contributed by atoms with E-state index in [2.05, 4.69) is 18.6 Å². The van der Waals surface area contributed by atoms with E-state index in [1.807, 2.05) is 0 Å². The first-order valence-electron chi connectivity index (χ1n) is 10.0. The number of aryl methyl sites for hydroxylation is 1. The van der Waals surface area contributed by atoms with E-state index in [-0.39, 0.29) is 5.69 Å². The molecule has 0 unspecified atom stereocenters. The Bertz CT molecular complexity index is 582. The summed E-state index contributed by atoms with van der Waals surface area (Å²) in [5.41, 5.74) is 0.483. The number of aliphatic imine (C=N–C) groups is 1. The summed E-state index contributed by atoms with van der Waals surface area (Å²) < 4.78 is 27.9. The van der Waals surface area contributed by atoms with Crippen molar-refractivity contribution in [3.8, 4) is 0 Å². The van der Waals surface area contributed by atoms with Gasteiger partial charge in [-0.05, 0) is 80.5 Å². The molecule has 0 amide bonds. The molecule has 138 valence electrons. The third kappa shape index (κ3) is 4.48. The fourth-order valence-corrected chi connectivity index (χ4v) is 4.96. The Morgan fingerprint density at radius 2 is 1.52 bits per heavy atom. The summed E-state index contributed by atoms with van der Waals surface area (Å²) in [6, 6.07) is 3.19. The Hall–Kier alpha value is -1.25. The largest absolute Gasteiger partial charge is 0.261 e. The lowest BCUT2D eigenvalue weighted by molar-refractivity contribution is 0.147. The van der Waals surface area contributed by atoms with Gasteiger partial charge < -0.3 is 0 Å². The van der Waals surface area contributed by atoms with E-state index < -0.39 is 11.6 Å². The second-order valence-corrected chi connectivity index (χ2v) is 8.37. The second kappa shape index (κ2) is 8.42.